The number of hydrogen-bond donors (Lipinski definition) is 2. The molecule has 110 valence electrons. The SMILES string of the molecule is CCC(CC)n1ccc(CC(NN)c2cnc(C)s2)n1. The first-order valence-electron chi connectivity index (χ1n) is 7.10. The molecule has 20 heavy (non-hydrogen) atoms. The van der Waals surface area contributed by atoms with Crippen molar-refractivity contribution in [1.29, 1.82) is 0 Å². The third-order valence-electron chi connectivity index (χ3n) is 3.58. The minimum Gasteiger partial charge on any atom is -0.271 e. The second-order valence-corrected chi connectivity index (χ2v) is 6.23. The summed E-state index contributed by atoms with van der Waals surface area (Å²) in [5.74, 6) is 5.68. The van der Waals surface area contributed by atoms with Crippen LogP contribution in [0.25, 0.3) is 0 Å². The van der Waals surface area contributed by atoms with E-state index in [1.807, 2.05) is 13.1 Å². The molecule has 2 rings (SSSR count). The molecule has 6 heteroatoms. The van der Waals surface area contributed by atoms with Gasteiger partial charge < -0.3 is 0 Å². The fourth-order valence-electron chi connectivity index (χ4n) is 2.34. The summed E-state index contributed by atoms with van der Waals surface area (Å²) in [6.45, 7) is 6.39. The molecule has 2 aromatic rings. The maximum atomic E-state index is 5.68. The molecule has 0 aliphatic heterocycles. The Kier molecular flexibility index (Phi) is 5.28. The fourth-order valence-corrected chi connectivity index (χ4v) is 3.19. The number of aromatic nitrogens is 3. The van der Waals surface area contributed by atoms with Crippen LogP contribution in [-0.4, -0.2) is 14.8 Å². The van der Waals surface area contributed by atoms with Gasteiger partial charge in [-0.1, -0.05) is 13.8 Å². The molecule has 0 saturated heterocycles. The summed E-state index contributed by atoms with van der Waals surface area (Å²) in [4.78, 5) is 5.44. The number of nitrogens with zero attached hydrogens (tertiary/aromatic N) is 3. The quantitative estimate of drug-likeness (QED) is 0.608. The van der Waals surface area contributed by atoms with Gasteiger partial charge in [-0.25, -0.2) is 4.98 Å². The summed E-state index contributed by atoms with van der Waals surface area (Å²) in [5, 5.41) is 5.74. The van der Waals surface area contributed by atoms with E-state index in [2.05, 4.69) is 46.3 Å². The zero-order valence-corrected chi connectivity index (χ0v) is 13.2. The van der Waals surface area contributed by atoms with E-state index in [4.69, 9.17) is 5.84 Å². The van der Waals surface area contributed by atoms with Crippen LogP contribution in [-0.2, 0) is 6.42 Å². The number of nitrogens with two attached hydrogens (primary N) is 1. The highest BCUT2D eigenvalue weighted by Crippen LogP contribution is 2.23. The van der Waals surface area contributed by atoms with E-state index < -0.39 is 0 Å². The molecule has 5 nitrogen and oxygen atoms in total. The molecule has 0 saturated carbocycles. The van der Waals surface area contributed by atoms with Gasteiger partial charge in [-0.05, 0) is 25.8 Å². The zero-order chi connectivity index (χ0) is 14.5. The molecule has 0 aliphatic rings. The van der Waals surface area contributed by atoms with Gasteiger partial charge in [0.05, 0.1) is 22.8 Å². The monoisotopic (exact) mass is 293 g/mol. The Balaban J connectivity index is 2.08. The average Bonchev–Trinajstić information content (AvgIpc) is 3.07. The first kappa shape index (κ1) is 15.2. The highest BCUT2D eigenvalue weighted by atomic mass is 32.1. The van der Waals surface area contributed by atoms with Gasteiger partial charge in [0.15, 0.2) is 0 Å². The number of aryl methyl sites for hydroxylation is 1. The smallest absolute Gasteiger partial charge is 0.0897 e. The van der Waals surface area contributed by atoms with Crippen molar-refractivity contribution in [2.75, 3.05) is 0 Å². The number of thiazole rings is 1. The maximum absolute atomic E-state index is 5.68. The standard InChI is InChI=1S/C14H23N5S/c1-4-12(5-2)19-7-6-11(18-19)8-13(17-15)14-9-16-10(3)20-14/h6-7,9,12-13,17H,4-5,8,15H2,1-3H3. The Labute approximate surface area is 124 Å². The molecule has 1 atom stereocenters. The molecule has 0 radical (unpaired) electrons. The molecule has 2 heterocycles. The Morgan fingerprint density at radius 2 is 2.15 bits per heavy atom. The van der Waals surface area contributed by atoms with Gasteiger partial charge in [0, 0.05) is 23.7 Å². The summed E-state index contributed by atoms with van der Waals surface area (Å²) < 4.78 is 2.07. The molecule has 2 aromatic heterocycles. The molecule has 0 spiro atoms. The van der Waals surface area contributed by atoms with Crippen LogP contribution in [0.5, 0.6) is 0 Å². The first-order valence-corrected chi connectivity index (χ1v) is 7.92. The van der Waals surface area contributed by atoms with E-state index >= 15 is 0 Å². The molecule has 1 unspecified atom stereocenters. The molecular formula is C14H23N5S. The molecule has 0 bridgehead atoms. The fraction of sp³-hybridized carbons (Fsp3) is 0.571. The van der Waals surface area contributed by atoms with Crippen LogP contribution in [0.4, 0.5) is 0 Å². The predicted octanol–water partition coefficient (Wildman–Crippen LogP) is 2.76. The highest BCUT2D eigenvalue weighted by molar-refractivity contribution is 7.11. The second kappa shape index (κ2) is 6.97. The van der Waals surface area contributed by atoms with Crippen LogP contribution < -0.4 is 11.3 Å². The van der Waals surface area contributed by atoms with Crippen molar-refractivity contribution in [2.45, 2.75) is 52.1 Å². The molecular weight excluding hydrogens is 270 g/mol. The van der Waals surface area contributed by atoms with Crippen molar-refractivity contribution in [3.63, 3.8) is 0 Å². The molecule has 0 aromatic carbocycles. The van der Waals surface area contributed by atoms with Crippen molar-refractivity contribution in [3.8, 4) is 0 Å². The van der Waals surface area contributed by atoms with Crippen LogP contribution in [0.1, 0.15) is 54.4 Å². The lowest BCUT2D eigenvalue weighted by Crippen LogP contribution is -2.29. The van der Waals surface area contributed by atoms with E-state index in [0.717, 1.165) is 34.8 Å². The third-order valence-corrected chi connectivity index (χ3v) is 4.60. The molecule has 0 amide bonds. The normalized spacial score (nSPS) is 13.1. The Hall–Kier alpha value is -1.24. The maximum Gasteiger partial charge on any atom is 0.0897 e. The second-order valence-electron chi connectivity index (χ2n) is 4.96. The van der Waals surface area contributed by atoms with Gasteiger partial charge in [-0.15, -0.1) is 11.3 Å². The van der Waals surface area contributed by atoms with Gasteiger partial charge in [0.25, 0.3) is 0 Å². The largest absolute Gasteiger partial charge is 0.271 e. The van der Waals surface area contributed by atoms with Crippen molar-refractivity contribution >= 4 is 11.3 Å². The molecule has 0 aliphatic carbocycles. The Morgan fingerprint density at radius 3 is 2.70 bits per heavy atom. The van der Waals surface area contributed by atoms with E-state index in [1.54, 1.807) is 11.3 Å². The summed E-state index contributed by atoms with van der Waals surface area (Å²) >= 11 is 1.67. The van der Waals surface area contributed by atoms with E-state index in [9.17, 15) is 0 Å². The van der Waals surface area contributed by atoms with Gasteiger partial charge in [-0.3, -0.25) is 16.0 Å². The van der Waals surface area contributed by atoms with Crippen LogP contribution in [0.3, 0.4) is 0 Å². The summed E-state index contributed by atoms with van der Waals surface area (Å²) in [5.41, 5.74) is 3.93. The van der Waals surface area contributed by atoms with Gasteiger partial charge in [0.1, 0.15) is 0 Å². The lowest BCUT2D eigenvalue weighted by Gasteiger charge is -2.14. The van der Waals surface area contributed by atoms with E-state index in [-0.39, 0.29) is 6.04 Å². The average molecular weight is 293 g/mol. The van der Waals surface area contributed by atoms with Crippen LogP contribution in [0.15, 0.2) is 18.5 Å². The van der Waals surface area contributed by atoms with Crippen LogP contribution in [0.2, 0.25) is 0 Å². The molecule has 0 fully saturated rings. The Bertz CT molecular complexity index is 529. The zero-order valence-electron chi connectivity index (χ0n) is 12.3. The lowest BCUT2D eigenvalue weighted by atomic mass is 10.1. The minimum atomic E-state index is 0.0752. The van der Waals surface area contributed by atoms with Gasteiger partial charge in [0.2, 0.25) is 0 Å². The van der Waals surface area contributed by atoms with Crippen molar-refractivity contribution in [1.82, 2.24) is 20.2 Å². The summed E-state index contributed by atoms with van der Waals surface area (Å²) in [6.07, 6.45) is 6.95. The van der Waals surface area contributed by atoms with Crippen molar-refractivity contribution in [2.24, 2.45) is 5.84 Å². The molecule has 3 N–H and O–H groups in total. The number of hydrogen-bond acceptors (Lipinski definition) is 5. The topological polar surface area (TPSA) is 68.8 Å². The predicted molar refractivity (Wildman–Crippen MR) is 82.5 cm³/mol. The van der Waals surface area contributed by atoms with Crippen molar-refractivity contribution < 1.29 is 0 Å². The van der Waals surface area contributed by atoms with Gasteiger partial charge >= 0.3 is 0 Å². The summed E-state index contributed by atoms with van der Waals surface area (Å²) in [6, 6.07) is 2.64. The van der Waals surface area contributed by atoms with Crippen molar-refractivity contribution in [3.05, 3.63) is 34.0 Å². The number of rotatable bonds is 7. The van der Waals surface area contributed by atoms with E-state index in [1.165, 1.54) is 0 Å². The number of nitrogens with one attached hydrogen (secondary N) is 1. The highest BCUT2D eigenvalue weighted by Gasteiger charge is 2.16. The third kappa shape index (κ3) is 3.45. The van der Waals surface area contributed by atoms with E-state index in [0.29, 0.717) is 6.04 Å². The lowest BCUT2D eigenvalue weighted by molar-refractivity contribution is 0.423. The summed E-state index contributed by atoms with van der Waals surface area (Å²) in [7, 11) is 0. The Morgan fingerprint density at radius 1 is 1.40 bits per heavy atom. The van der Waals surface area contributed by atoms with Crippen LogP contribution >= 0.6 is 11.3 Å². The number of hydrazine groups is 1. The minimum absolute atomic E-state index is 0.0752. The van der Waals surface area contributed by atoms with Gasteiger partial charge in [-0.2, -0.15) is 5.10 Å². The van der Waals surface area contributed by atoms with Crippen LogP contribution in [0, 0.1) is 6.92 Å². The first-order chi connectivity index (χ1) is 9.67.